The van der Waals surface area contributed by atoms with Gasteiger partial charge in [-0.05, 0) is 19.4 Å². The van der Waals surface area contributed by atoms with Crippen molar-refractivity contribution in [2.45, 2.75) is 19.0 Å². The van der Waals surface area contributed by atoms with Gasteiger partial charge in [0.1, 0.15) is 0 Å². The Morgan fingerprint density at radius 3 is 2.56 bits per heavy atom. The first-order chi connectivity index (χ1) is 7.47. The van der Waals surface area contributed by atoms with Crippen molar-refractivity contribution in [1.29, 1.82) is 0 Å². The van der Waals surface area contributed by atoms with Gasteiger partial charge in [0, 0.05) is 11.8 Å². The van der Waals surface area contributed by atoms with Crippen LogP contribution in [0.1, 0.15) is 17.9 Å². The minimum Gasteiger partial charge on any atom is -0.481 e. The van der Waals surface area contributed by atoms with Gasteiger partial charge in [-0.2, -0.15) is 18.2 Å². The van der Waals surface area contributed by atoms with E-state index in [1.165, 1.54) is 13.2 Å². The van der Waals surface area contributed by atoms with E-state index in [-0.39, 0.29) is 11.6 Å². The summed E-state index contributed by atoms with van der Waals surface area (Å²) in [5, 5.41) is 0. The van der Waals surface area contributed by atoms with E-state index in [0.29, 0.717) is 19.4 Å². The number of rotatable bonds is 4. The van der Waals surface area contributed by atoms with Gasteiger partial charge in [-0.3, -0.25) is 0 Å². The Morgan fingerprint density at radius 1 is 1.38 bits per heavy atom. The molecule has 7 heteroatoms. The molecule has 0 spiro atoms. The molecule has 0 aromatic carbocycles. The van der Waals surface area contributed by atoms with Gasteiger partial charge in [-0.15, -0.1) is 0 Å². The molecule has 0 bridgehead atoms. The molecule has 0 saturated carbocycles. The lowest BCUT2D eigenvalue weighted by Gasteiger charge is -2.09. The van der Waals surface area contributed by atoms with Crippen molar-refractivity contribution in [2.24, 2.45) is 5.73 Å². The smallest absolute Gasteiger partial charge is 0.451 e. The molecule has 0 saturated heterocycles. The highest BCUT2D eigenvalue weighted by atomic mass is 19.4. The molecule has 0 amide bonds. The minimum atomic E-state index is -4.56. The number of aromatic nitrogens is 2. The molecule has 0 fully saturated rings. The van der Waals surface area contributed by atoms with Crippen LogP contribution >= 0.6 is 0 Å². The molecular weight excluding hydrogens is 223 g/mol. The van der Waals surface area contributed by atoms with E-state index >= 15 is 0 Å². The quantitative estimate of drug-likeness (QED) is 0.856. The standard InChI is InChI=1S/C9H12F3N3O/c1-16-7-5-6(3-2-4-13)14-8(15-7)9(10,11)12/h5H,2-4,13H2,1H3. The van der Waals surface area contributed by atoms with Crippen molar-refractivity contribution >= 4 is 0 Å². The maximum absolute atomic E-state index is 12.4. The Labute approximate surface area is 90.6 Å². The second kappa shape index (κ2) is 5.11. The van der Waals surface area contributed by atoms with Crippen molar-refractivity contribution in [3.8, 4) is 5.88 Å². The SMILES string of the molecule is COc1cc(CCCN)nc(C(F)(F)F)n1. The molecule has 0 aliphatic carbocycles. The molecule has 90 valence electrons. The third-order valence-corrected chi connectivity index (χ3v) is 1.86. The fraction of sp³-hybridized carbons (Fsp3) is 0.556. The number of hydrogen-bond acceptors (Lipinski definition) is 4. The van der Waals surface area contributed by atoms with Crippen molar-refractivity contribution in [3.63, 3.8) is 0 Å². The van der Waals surface area contributed by atoms with Gasteiger partial charge in [0.2, 0.25) is 11.7 Å². The summed E-state index contributed by atoms with van der Waals surface area (Å²) in [6.45, 7) is 0.396. The predicted molar refractivity (Wildman–Crippen MR) is 51.0 cm³/mol. The molecule has 0 atom stereocenters. The van der Waals surface area contributed by atoms with Gasteiger partial charge in [0.15, 0.2) is 0 Å². The van der Waals surface area contributed by atoms with Crippen LogP contribution in [0.25, 0.3) is 0 Å². The highest BCUT2D eigenvalue weighted by molar-refractivity contribution is 5.17. The third-order valence-electron chi connectivity index (χ3n) is 1.86. The molecule has 4 nitrogen and oxygen atoms in total. The van der Waals surface area contributed by atoms with Gasteiger partial charge in [0.25, 0.3) is 0 Å². The predicted octanol–water partition coefficient (Wildman–Crippen LogP) is 1.40. The summed E-state index contributed by atoms with van der Waals surface area (Å²) in [4.78, 5) is 6.66. The molecule has 0 unspecified atom stereocenters. The first kappa shape index (κ1) is 12.7. The number of ether oxygens (including phenoxy) is 1. The van der Waals surface area contributed by atoms with Gasteiger partial charge < -0.3 is 10.5 Å². The number of nitrogens with zero attached hydrogens (tertiary/aromatic N) is 2. The van der Waals surface area contributed by atoms with E-state index < -0.39 is 12.0 Å². The van der Waals surface area contributed by atoms with E-state index in [9.17, 15) is 13.2 Å². The number of hydrogen-bond donors (Lipinski definition) is 1. The van der Waals surface area contributed by atoms with Gasteiger partial charge in [0.05, 0.1) is 7.11 Å². The molecular formula is C9H12F3N3O. The topological polar surface area (TPSA) is 61.0 Å². The van der Waals surface area contributed by atoms with E-state index in [0.717, 1.165) is 0 Å². The maximum atomic E-state index is 12.4. The molecule has 0 radical (unpaired) electrons. The summed E-state index contributed by atoms with van der Waals surface area (Å²) in [6, 6.07) is 1.38. The number of halogens is 3. The lowest BCUT2D eigenvalue weighted by atomic mass is 10.2. The summed E-state index contributed by atoms with van der Waals surface area (Å²) in [6.07, 6.45) is -3.62. The fourth-order valence-corrected chi connectivity index (χ4v) is 1.12. The second-order valence-electron chi connectivity index (χ2n) is 3.12. The van der Waals surface area contributed by atoms with E-state index in [4.69, 9.17) is 5.73 Å². The molecule has 0 aliphatic heterocycles. The van der Waals surface area contributed by atoms with E-state index in [1.807, 2.05) is 0 Å². The van der Waals surface area contributed by atoms with Crippen LogP contribution < -0.4 is 10.5 Å². The lowest BCUT2D eigenvalue weighted by Crippen LogP contribution is -2.13. The van der Waals surface area contributed by atoms with Crippen molar-refractivity contribution in [1.82, 2.24) is 9.97 Å². The molecule has 1 rings (SSSR count). The Balaban J connectivity index is 3.01. The Kier molecular flexibility index (Phi) is 4.05. The summed E-state index contributed by atoms with van der Waals surface area (Å²) in [5.74, 6) is -1.27. The van der Waals surface area contributed by atoms with Crippen LogP contribution in [0.4, 0.5) is 13.2 Å². The largest absolute Gasteiger partial charge is 0.481 e. The van der Waals surface area contributed by atoms with Crippen molar-refractivity contribution in [2.75, 3.05) is 13.7 Å². The summed E-state index contributed by atoms with van der Waals surface area (Å²) < 4.78 is 41.9. The molecule has 1 heterocycles. The number of methoxy groups -OCH3 is 1. The zero-order valence-corrected chi connectivity index (χ0v) is 8.71. The van der Waals surface area contributed by atoms with E-state index in [2.05, 4.69) is 14.7 Å². The van der Waals surface area contributed by atoms with Crippen LogP contribution in [-0.4, -0.2) is 23.6 Å². The molecule has 1 aromatic rings. The second-order valence-corrected chi connectivity index (χ2v) is 3.12. The van der Waals surface area contributed by atoms with Crippen molar-refractivity contribution < 1.29 is 17.9 Å². The first-order valence-electron chi connectivity index (χ1n) is 4.66. The molecule has 1 aromatic heterocycles. The van der Waals surface area contributed by atoms with Gasteiger partial charge in [-0.25, -0.2) is 4.98 Å². The zero-order valence-electron chi connectivity index (χ0n) is 8.71. The number of aryl methyl sites for hydroxylation is 1. The van der Waals surface area contributed by atoms with E-state index in [1.54, 1.807) is 0 Å². The lowest BCUT2D eigenvalue weighted by molar-refractivity contribution is -0.145. The number of alkyl halides is 3. The van der Waals surface area contributed by atoms with Crippen LogP contribution in [0.3, 0.4) is 0 Å². The molecule has 16 heavy (non-hydrogen) atoms. The normalized spacial score (nSPS) is 11.6. The fourth-order valence-electron chi connectivity index (χ4n) is 1.12. The molecule has 0 aliphatic rings. The van der Waals surface area contributed by atoms with Crippen LogP contribution in [-0.2, 0) is 12.6 Å². The Morgan fingerprint density at radius 2 is 2.06 bits per heavy atom. The van der Waals surface area contributed by atoms with Crippen molar-refractivity contribution in [3.05, 3.63) is 17.6 Å². The minimum absolute atomic E-state index is 0.0886. The highest BCUT2D eigenvalue weighted by Gasteiger charge is 2.35. The third kappa shape index (κ3) is 3.34. The summed E-state index contributed by atoms with van der Waals surface area (Å²) in [7, 11) is 1.26. The van der Waals surface area contributed by atoms with Gasteiger partial charge >= 0.3 is 6.18 Å². The average Bonchev–Trinajstić information content (AvgIpc) is 2.24. The monoisotopic (exact) mass is 235 g/mol. The summed E-state index contributed by atoms with van der Waals surface area (Å²) >= 11 is 0. The first-order valence-corrected chi connectivity index (χ1v) is 4.66. The van der Waals surface area contributed by atoms with Crippen LogP contribution in [0, 0.1) is 0 Å². The molecule has 2 N–H and O–H groups in total. The number of nitrogens with two attached hydrogens (primary N) is 1. The Bertz CT molecular complexity index is 354. The highest BCUT2D eigenvalue weighted by Crippen LogP contribution is 2.27. The maximum Gasteiger partial charge on any atom is 0.451 e. The average molecular weight is 235 g/mol. The van der Waals surface area contributed by atoms with Gasteiger partial charge in [-0.1, -0.05) is 0 Å². The van der Waals surface area contributed by atoms with Crippen LogP contribution in [0.15, 0.2) is 6.07 Å². The summed E-state index contributed by atoms with van der Waals surface area (Å²) in [5.41, 5.74) is 5.56. The van der Waals surface area contributed by atoms with Crippen LogP contribution in [0.5, 0.6) is 5.88 Å². The van der Waals surface area contributed by atoms with Crippen LogP contribution in [0.2, 0.25) is 0 Å². The zero-order chi connectivity index (χ0) is 12.2. The Hall–Kier alpha value is -1.37.